The van der Waals surface area contributed by atoms with Crippen molar-refractivity contribution in [1.29, 1.82) is 0 Å². The van der Waals surface area contributed by atoms with E-state index in [2.05, 4.69) is 4.98 Å². The van der Waals surface area contributed by atoms with Gasteiger partial charge in [-0.2, -0.15) is 0 Å². The summed E-state index contributed by atoms with van der Waals surface area (Å²) in [4.78, 5) is 26.3. The molecule has 0 amide bonds. The molecule has 0 saturated carbocycles. The molecule has 0 aliphatic heterocycles. The van der Waals surface area contributed by atoms with Crippen LogP contribution in [0.2, 0.25) is 0 Å². The van der Waals surface area contributed by atoms with E-state index >= 15 is 0 Å². The largest absolute Gasteiger partial charge is 0.477 e. The smallest absolute Gasteiger partial charge is 0.354 e. The average Bonchev–Trinajstić information content (AvgIpc) is 2.39. The molecule has 1 N–H and O–H groups in total. The van der Waals surface area contributed by atoms with Crippen molar-refractivity contribution in [3.63, 3.8) is 0 Å². The summed E-state index contributed by atoms with van der Waals surface area (Å²) < 4.78 is 12.7. The number of aromatic carboxylic acids is 1. The molecule has 1 heterocycles. The molecule has 1 aromatic carbocycles. The van der Waals surface area contributed by atoms with Crippen LogP contribution in [0.5, 0.6) is 0 Å². The van der Waals surface area contributed by atoms with Crippen LogP contribution < -0.4 is 0 Å². The summed E-state index contributed by atoms with van der Waals surface area (Å²) in [7, 11) is 0. The average molecular weight is 245 g/mol. The van der Waals surface area contributed by atoms with Crippen LogP contribution in [0.1, 0.15) is 26.4 Å². The van der Waals surface area contributed by atoms with Crippen molar-refractivity contribution >= 4 is 11.8 Å². The molecule has 0 bridgehead atoms. The van der Waals surface area contributed by atoms with Gasteiger partial charge in [-0.1, -0.05) is 0 Å². The lowest BCUT2D eigenvalue weighted by Gasteiger charge is -2.02. The van der Waals surface area contributed by atoms with Gasteiger partial charge in [-0.15, -0.1) is 0 Å². The zero-order valence-corrected chi connectivity index (χ0v) is 9.13. The predicted molar refractivity (Wildman–Crippen MR) is 61.0 cm³/mol. The van der Waals surface area contributed by atoms with E-state index in [-0.39, 0.29) is 17.0 Å². The molecule has 0 aliphatic rings. The summed E-state index contributed by atoms with van der Waals surface area (Å²) in [6.45, 7) is 0. The van der Waals surface area contributed by atoms with Gasteiger partial charge >= 0.3 is 5.97 Å². The van der Waals surface area contributed by atoms with Crippen LogP contribution in [0.15, 0.2) is 42.6 Å². The Bertz CT molecular complexity index is 608. The quantitative estimate of drug-likeness (QED) is 0.841. The molecule has 18 heavy (non-hydrogen) atoms. The second-order valence-electron chi connectivity index (χ2n) is 3.57. The minimum absolute atomic E-state index is 0.203. The topological polar surface area (TPSA) is 67.3 Å². The number of hydrogen-bond acceptors (Lipinski definition) is 3. The molecule has 0 spiro atoms. The first kappa shape index (κ1) is 11.9. The Balaban J connectivity index is 2.37. The minimum Gasteiger partial charge on any atom is -0.477 e. The predicted octanol–water partition coefficient (Wildman–Crippen LogP) is 2.15. The number of benzene rings is 1. The zero-order chi connectivity index (χ0) is 13.1. The van der Waals surface area contributed by atoms with Crippen LogP contribution in [0.3, 0.4) is 0 Å². The molecule has 90 valence electrons. The zero-order valence-electron chi connectivity index (χ0n) is 9.13. The normalized spacial score (nSPS) is 10.1. The summed E-state index contributed by atoms with van der Waals surface area (Å²) >= 11 is 0. The Kier molecular flexibility index (Phi) is 3.14. The van der Waals surface area contributed by atoms with E-state index in [1.807, 2.05) is 0 Å². The first-order valence-electron chi connectivity index (χ1n) is 5.07. The summed E-state index contributed by atoms with van der Waals surface area (Å²) in [6.07, 6.45) is 1.25. The second kappa shape index (κ2) is 4.75. The van der Waals surface area contributed by atoms with Gasteiger partial charge < -0.3 is 5.11 Å². The van der Waals surface area contributed by atoms with E-state index in [4.69, 9.17) is 5.11 Å². The summed E-state index contributed by atoms with van der Waals surface area (Å²) in [5, 5.41) is 8.77. The van der Waals surface area contributed by atoms with E-state index in [1.54, 1.807) is 0 Å². The lowest BCUT2D eigenvalue weighted by molar-refractivity contribution is 0.0690. The fourth-order valence-electron chi connectivity index (χ4n) is 1.46. The van der Waals surface area contributed by atoms with Crippen LogP contribution in [0.4, 0.5) is 4.39 Å². The van der Waals surface area contributed by atoms with Crippen molar-refractivity contribution in [2.75, 3.05) is 0 Å². The number of rotatable bonds is 3. The Morgan fingerprint density at radius 2 is 1.72 bits per heavy atom. The van der Waals surface area contributed by atoms with Gasteiger partial charge in [-0.25, -0.2) is 14.2 Å². The monoisotopic (exact) mass is 245 g/mol. The molecule has 2 aromatic rings. The number of carbonyl (C=O) groups is 2. The third-order valence-corrected chi connectivity index (χ3v) is 2.35. The maximum Gasteiger partial charge on any atom is 0.354 e. The first-order chi connectivity index (χ1) is 8.58. The van der Waals surface area contributed by atoms with E-state index < -0.39 is 11.8 Å². The Morgan fingerprint density at radius 1 is 1.06 bits per heavy atom. The number of pyridine rings is 1. The van der Waals surface area contributed by atoms with Crippen LogP contribution >= 0.6 is 0 Å². The lowest BCUT2D eigenvalue weighted by atomic mass is 10.0. The van der Waals surface area contributed by atoms with E-state index in [1.165, 1.54) is 42.6 Å². The highest BCUT2D eigenvalue weighted by Crippen LogP contribution is 2.11. The highest BCUT2D eigenvalue weighted by molar-refractivity contribution is 6.09. The minimum atomic E-state index is -1.20. The fraction of sp³-hybridized carbons (Fsp3) is 0. The Hall–Kier alpha value is -2.56. The van der Waals surface area contributed by atoms with E-state index in [9.17, 15) is 14.0 Å². The van der Waals surface area contributed by atoms with Crippen molar-refractivity contribution in [3.05, 3.63) is 65.2 Å². The van der Waals surface area contributed by atoms with Crippen LogP contribution in [-0.2, 0) is 0 Å². The number of aromatic nitrogens is 1. The number of carboxylic acid groups (broad SMARTS) is 1. The van der Waals surface area contributed by atoms with Gasteiger partial charge in [0.1, 0.15) is 11.5 Å². The van der Waals surface area contributed by atoms with Crippen LogP contribution in [0, 0.1) is 5.82 Å². The Morgan fingerprint density at radius 3 is 2.33 bits per heavy atom. The van der Waals surface area contributed by atoms with Crippen LogP contribution in [0.25, 0.3) is 0 Å². The molecular weight excluding hydrogens is 237 g/mol. The van der Waals surface area contributed by atoms with Crippen molar-refractivity contribution in [1.82, 2.24) is 4.98 Å². The third kappa shape index (κ3) is 2.40. The number of hydrogen-bond donors (Lipinski definition) is 1. The molecule has 0 radical (unpaired) electrons. The third-order valence-electron chi connectivity index (χ3n) is 2.35. The maximum absolute atomic E-state index is 12.7. The van der Waals surface area contributed by atoms with Crippen molar-refractivity contribution in [2.24, 2.45) is 0 Å². The van der Waals surface area contributed by atoms with Crippen molar-refractivity contribution in [3.8, 4) is 0 Å². The molecular formula is C13H8FNO3. The molecule has 0 fully saturated rings. The number of carbonyl (C=O) groups excluding carboxylic acids is 1. The summed E-state index contributed by atoms with van der Waals surface area (Å²) in [6, 6.07) is 7.64. The molecule has 0 unspecified atom stereocenters. The number of carboxylic acids is 1. The molecule has 2 rings (SSSR count). The lowest BCUT2D eigenvalue weighted by Crippen LogP contribution is -2.06. The van der Waals surface area contributed by atoms with Gasteiger partial charge in [-0.3, -0.25) is 4.79 Å². The molecule has 4 nitrogen and oxygen atoms in total. The Labute approximate surface area is 102 Å². The molecule has 0 saturated heterocycles. The summed E-state index contributed by atoms with van der Waals surface area (Å²) in [5.74, 6) is -2.02. The second-order valence-corrected chi connectivity index (χ2v) is 3.57. The fourth-order valence-corrected chi connectivity index (χ4v) is 1.46. The molecule has 1 aromatic heterocycles. The van der Waals surface area contributed by atoms with E-state index in [0.717, 1.165) is 0 Å². The van der Waals surface area contributed by atoms with E-state index in [0.29, 0.717) is 5.56 Å². The highest BCUT2D eigenvalue weighted by Gasteiger charge is 2.12. The molecule has 5 heteroatoms. The van der Waals surface area contributed by atoms with Gasteiger partial charge in [0, 0.05) is 17.3 Å². The van der Waals surface area contributed by atoms with Gasteiger partial charge in [0.25, 0.3) is 0 Å². The highest BCUT2D eigenvalue weighted by atomic mass is 19.1. The number of halogens is 1. The van der Waals surface area contributed by atoms with Gasteiger partial charge in [0.05, 0.1) is 0 Å². The summed E-state index contributed by atoms with van der Waals surface area (Å²) in [5.41, 5.74) is 0.288. The maximum atomic E-state index is 12.7. The van der Waals surface area contributed by atoms with Gasteiger partial charge in [0.15, 0.2) is 5.78 Å². The van der Waals surface area contributed by atoms with Gasteiger partial charge in [0.2, 0.25) is 0 Å². The number of nitrogens with zero attached hydrogens (tertiary/aromatic N) is 1. The molecule has 0 aliphatic carbocycles. The first-order valence-corrected chi connectivity index (χ1v) is 5.07. The molecule has 0 atom stereocenters. The standard InChI is InChI=1S/C13H8FNO3/c14-10-3-1-8(2-4-10)12(16)9-5-6-15-11(7-9)13(17)18/h1-7H,(H,17,18). The van der Waals surface area contributed by atoms with Crippen molar-refractivity contribution in [2.45, 2.75) is 0 Å². The van der Waals surface area contributed by atoms with Crippen molar-refractivity contribution < 1.29 is 19.1 Å². The van der Waals surface area contributed by atoms with Crippen LogP contribution in [-0.4, -0.2) is 21.8 Å². The number of ketones is 1. The van der Waals surface area contributed by atoms with Gasteiger partial charge in [-0.05, 0) is 36.4 Å². The SMILES string of the molecule is O=C(c1ccc(F)cc1)c1ccnc(C(=O)O)c1.